The number of hydrogen-bond donors (Lipinski definition) is 0. The molecule has 130 valence electrons. The third kappa shape index (κ3) is 3.15. The van der Waals surface area contributed by atoms with Gasteiger partial charge < -0.3 is 9.64 Å². The Balaban J connectivity index is 2.07. The normalized spacial score (nSPS) is 13.7. The fourth-order valence-corrected chi connectivity index (χ4v) is 2.88. The van der Waals surface area contributed by atoms with E-state index in [2.05, 4.69) is 4.98 Å². The molecule has 1 aromatic carbocycles. The molecular weight excluding hydrogens is 349 g/mol. The largest absolute Gasteiger partial charge is 0.465 e. The second-order valence-electron chi connectivity index (χ2n) is 5.61. The molecule has 0 N–H and O–H groups in total. The highest BCUT2D eigenvalue weighted by atomic mass is 35.5. The van der Waals surface area contributed by atoms with Gasteiger partial charge in [0.15, 0.2) is 0 Å². The maximum absolute atomic E-state index is 14.1. The highest BCUT2D eigenvalue weighted by molar-refractivity contribution is 6.31. The lowest BCUT2D eigenvalue weighted by Gasteiger charge is -2.34. The van der Waals surface area contributed by atoms with Gasteiger partial charge in [-0.05, 0) is 18.2 Å². The molecule has 1 aliphatic heterocycles. The number of benzene rings is 1. The number of rotatable bonds is 3. The smallest absolute Gasteiger partial charge is 0.339 e. The number of anilines is 1. The number of hydrogen-bond acceptors (Lipinski definition) is 4. The van der Waals surface area contributed by atoms with Crippen LogP contribution in [0.5, 0.6) is 0 Å². The van der Waals surface area contributed by atoms with Crippen molar-refractivity contribution in [2.24, 2.45) is 0 Å². The summed E-state index contributed by atoms with van der Waals surface area (Å²) in [6.07, 6.45) is 1.39. The van der Waals surface area contributed by atoms with E-state index in [1.807, 2.05) is 0 Å². The minimum absolute atomic E-state index is 0.0754. The van der Waals surface area contributed by atoms with Crippen molar-refractivity contribution in [2.45, 2.75) is 13.1 Å². The molecule has 0 fully saturated rings. The van der Waals surface area contributed by atoms with Crippen molar-refractivity contribution in [2.75, 3.05) is 19.1 Å². The summed E-state index contributed by atoms with van der Waals surface area (Å²) >= 11 is 6.08. The van der Waals surface area contributed by atoms with Gasteiger partial charge in [0.1, 0.15) is 5.82 Å². The molecule has 0 aliphatic carbocycles. The standard InChI is InChI=1S/C17H15ClFN3O3/c1-21-9-14-15(6-10(7-20-14)16(23)25-2)22(17(21)24)8-11-12(18)4-3-5-13(11)19/h3-7H,8-9H2,1-2H3. The van der Waals surface area contributed by atoms with Crippen molar-refractivity contribution < 1.29 is 18.7 Å². The fourth-order valence-electron chi connectivity index (χ4n) is 2.66. The Morgan fingerprint density at radius 1 is 1.44 bits per heavy atom. The summed E-state index contributed by atoms with van der Waals surface area (Å²) in [5, 5.41) is 0.222. The molecular formula is C17H15ClFN3O3. The van der Waals surface area contributed by atoms with Gasteiger partial charge in [-0.15, -0.1) is 0 Å². The van der Waals surface area contributed by atoms with Crippen LogP contribution in [0.4, 0.5) is 14.9 Å². The van der Waals surface area contributed by atoms with Crippen LogP contribution in [-0.2, 0) is 17.8 Å². The lowest BCUT2D eigenvalue weighted by atomic mass is 10.1. The van der Waals surface area contributed by atoms with E-state index in [4.69, 9.17) is 16.3 Å². The molecule has 1 aromatic heterocycles. The van der Waals surface area contributed by atoms with Crippen molar-refractivity contribution in [3.05, 3.63) is 58.1 Å². The Labute approximate surface area is 148 Å². The van der Waals surface area contributed by atoms with Gasteiger partial charge in [-0.2, -0.15) is 0 Å². The number of ether oxygens (including phenoxy) is 1. The Hall–Kier alpha value is -2.67. The molecule has 1 aliphatic rings. The van der Waals surface area contributed by atoms with E-state index in [1.165, 1.54) is 41.3 Å². The van der Waals surface area contributed by atoms with E-state index in [9.17, 15) is 14.0 Å². The van der Waals surface area contributed by atoms with Crippen molar-refractivity contribution in [1.29, 1.82) is 0 Å². The first-order chi connectivity index (χ1) is 11.9. The summed E-state index contributed by atoms with van der Waals surface area (Å²) in [5.41, 5.74) is 1.44. The number of nitrogens with zero attached hydrogens (tertiary/aromatic N) is 3. The van der Waals surface area contributed by atoms with Gasteiger partial charge in [-0.3, -0.25) is 9.88 Å². The van der Waals surface area contributed by atoms with E-state index in [1.54, 1.807) is 13.1 Å². The summed E-state index contributed by atoms with van der Waals surface area (Å²) in [7, 11) is 2.88. The number of urea groups is 1. The minimum atomic E-state index is -0.564. The predicted octanol–water partition coefficient (Wildman–Crippen LogP) is 3.23. The average Bonchev–Trinajstić information content (AvgIpc) is 2.60. The predicted molar refractivity (Wildman–Crippen MR) is 90.0 cm³/mol. The van der Waals surface area contributed by atoms with Crippen LogP contribution in [0.25, 0.3) is 0 Å². The zero-order chi connectivity index (χ0) is 18.1. The van der Waals surface area contributed by atoms with Gasteiger partial charge in [0.2, 0.25) is 0 Å². The number of amides is 2. The molecule has 0 saturated carbocycles. The molecule has 2 aromatic rings. The van der Waals surface area contributed by atoms with Crippen LogP contribution in [0, 0.1) is 5.82 Å². The fraction of sp³-hybridized carbons (Fsp3) is 0.235. The van der Waals surface area contributed by atoms with Gasteiger partial charge in [-0.1, -0.05) is 17.7 Å². The molecule has 3 rings (SSSR count). The third-order valence-electron chi connectivity index (χ3n) is 3.98. The summed E-state index contributed by atoms with van der Waals surface area (Å²) < 4.78 is 18.8. The minimum Gasteiger partial charge on any atom is -0.465 e. The Morgan fingerprint density at radius 2 is 2.20 bits per heavy atom. The van der Waals surface area contributed by atoms with E-state index in [0.717, 1.165) is 0 Å². The molecule has 25 heavy (non-hydrogen) atoms. The number of carbonyl (C=O) groups excluding carboxylic acids is 2. The van der Waals surface area contributed by atoms with Gasteiger partial charge in [0.25, 0.3) is 0 Å². The Morgan fingerprint density at radius 3 is 2.88 bits per heavy atom. The Bertz CT molecular complexity index is 839. The van der Waals surface area contributed by atoms with Crippen molar-refractivity contribution in [3.63, 3.8) is 0 Å². The quantitative estimate of drug-likeness (QED) is 0.785. The van der Waals surface area contributed by atoms with Crippen LogP contribution in [0.15, 0.2) is 30.5 Å². The number of esters is 1. The summed E-state index contributed by atoms with van der Waals surface area (Å²) in [5.74, 6) is -1.07. The Kier molecular flexibility index (Phi) is 4.59. The number of fused-ring (bicyclic) bond motifs is 1. The number of halogens is 2. The summed E-state index contributed by atoms with van der Waals surface area (Å²) in [6.45, 7) is 0.213. The van der Waals surface area contributed by atoms with Crippen LogP contribution in [-0.4, -0.2) is 36.0 Å². The molecule has 0 bridgehead atoms. The average molecular weight is 364 g/mol. The zero-order valence-electron chi connectivity index (χ0n) is 13.6. The summed E-state index contributed by atoms with van der Waals surface area (Å²) in [4.78, 5) is 31.4. The molecule has 2 amide bonds. The number of methoxy groups -OCH3 is 1. The van der Waals surface area contributed by atoms with Crippen LogP contribution >= 0.6 is 11.6 Å². The van der Waals surface area contributed by atoms with E-state index >= 15 is 0 Å². The highest BCUT2D eigenvalue weighted by Crippen LogP contribution is 2.31. The lowest BCUT2D eigenvalue weighted by Crippen LogP contribution is -2.45. The van der Waals surface area contributed by atoms with Gasteiger partial charge in [-0.25, -0.2) is 14.0 Å². The lowest BCUT2D eigenvalue weighted by molar-refractivity contribution is 0.0600. The van der Waals surface area contributed by atoms with Crippen molar-refractivity contribution >= 4 is 29.3 Å². The van der Waals surface area contributed by atoms with Crippen LogP contribution in [0.2, 0.25) is 5.02 Å². The highest BCUT2D eigenvalue weighted by Gasteiger charge is 2.31. The van der Waals surface area contributed by atoms with E-state index < -0.39 is 11.8 Å². The van der Waals surface area contributed by atoms with Crippen molar-refractivity contribution in [1.82, 2.24) is 9.88 Å². The molecule has 8 heteroatoms. The molecule has 0 radical (unpaired) electrons. The van der Waals surface area contributed by atoms with Gasteiger partial charge in [0, 0.05) is 23.8 Å². The van der Waals surface area contributed by atoms with E-state index in [-0.39, 0.29) is 35.3 Å². The maximum atomic E-state index is 14.1. The molecule has 0 unspecified atom stereocenters. The van der Waals surface area contributed by atoms with Gasteiger partial charge >= 0.3 is 12.0 Å². The zero-order valence-corrected chi connectivity index (χ0v) is 14.4. The SMILES string of the molecule is COC(=O)c1cnc2c(c1)N(Cc1c(F)cccc1Cl)C(=O)N(C)C2. The first kappa shape index (κ1) is 17.2. The second kappa shape index (κ2) is 6.68. The number of pyridine rings is 1. The van der Waals surface area contributed by atoms with Crippen LogP contribution in [0.1, 0.15) is 21.6 Å². The van der Waals surface area contributed by atoms with Gasteiger partial charge in [0.05, 0.1) is 37.1 Å². The number of aromatic nitrogens is 1. The molecule has 2 heterocycles. The molecule has 0 saturated heterocycles. The maximum Gasteiger partial charge on any atom is 0.339 e. The molecule has 0 atom stereocenters. The van der Waals surface area contributed by atoms with Crippen LogP contribution in [0.3, 0.4) is 0 Å². The number of carbonyl (C=O) groups is 2. The first-order valence-corrected chi connectivity index (χ1v) is 7.83. The topological polar surface area (TPSA) is 62.7 Å². The molecule has 6 nitrogen and oxygen atoms in total. The first-order valence-electron chi connectivity index (χ1n) is 7.45. The van der Waals surface area contributed by atoms with Crippen LogP contribution < -0.4 is 4.90 Å². The molecule has 0 spiro atoms. The monoisotopic (exact) mass is 363 g/mol. The second-order valence-corrected chi connectivity index (χ2v) is 6.01. The van der Waals surface area contributed by atoms with Crippen molar-refractivity contribution in [3.8, 4) is 0 Å². The summed E-state index contributed by atoms with van der Waals surface area (Å²) in [6, 6.07) is 5.52. The van der Waals surface area contributed by atoms with E-state index in [0.29, 0.717) is 11.4 Å². The third-order valence-corrected chi connectivity index (χ3v) is 4.34.